The lowest BCUT2D eigenvalue weighted by Gasteiger charge is -2.31. The number of H-pyrrole nitrogens is 1. The highest BCUT2D eigenvalue weighted by Crippen LogP contribution is 2.35. The Morgan fingerprint density at radius 2 is 2.00 bits per heavy atom. The number of ether oxygens (including phenoxy) is 1. The van der Waals surface area contributed by atoms with Crippen LogP contribution in [0.5, 0.6) is 11.5 Å². The summed E-state index contributed by atoms with van der Waals surface area (Å²) in [7, 11) is 0. The number of rotatable bonds is 6. The van der Waals surface area contributed by atoms with Crippen molar-refractivity contribution in [1.82, 2.24) is 34.6 Å². The minimum absolute atomic E-state index is 0.000824. The highest BCUT2D eigenvalue weighted by atomic mass is 35.5. The van der Waals surface area contributed by atoms with Crippen molar-refractivity contribution in [2.24, 2.45) is 5.92 Å². The van der Waals surface area contributed by atoms with Gasteiger partial charge in [0.15, 0.2) is 0 Å². The molecule has 192 valence electrons. The maximum Gasteiger partial charge on any atom is 0.245 e. The quantitative estimate of drug-likeness (QED) is 0.290. The molecule has 10 heteroatoms. The highest BCUT2D eigenvalue weighted by molar-refractivity contribution is 6.36. The molecule has 0 spiro atoms. The van der Waals surface area contributed by atoms with E-state index < -0.39 is 0 Å². The Morgan fingerprint density at radius 3 is 2.82 bits per heavy atom. The fourth-order valence-electron chi connectivity index (χ4n) is 4.88. The number of aryl methyl sites for hydroxylation is 1. The Balaban J connectivity index is 1.20. The normalized spacial score (nSPS) is 14.3. The minimum Gasteiger partial charge on any atom is -0.456 e. The summed E-state index contributed by atoms with van der Waals surface area (Å²) in [5, 5.41) is 4.94. The van der Waals surface area contributed by atoms with Gasteiger partial charge in [0.05, 0.1) is 34.6 Å². The molecule has 0 aliphatic carbocycles. The monoisotopic (exact) mass is 527 g/mol. The fourth-order valence-corrected chi connectivity index (χ4v) is 5.12. The maximum absolute atomic E-state index is 11.8. The predicted molar refractivity (Wildman–Crippen MR) is 146 cm³/mol. The predicted octanol–water partition coefficient (Wildman–Crippen LogP) is 5.55. The third-order valence-corrected chi connectivity index (χ3v) is 7.26. The fraction of sp³-hybridized carbons (Fsp3) is 0.250. The van der Waals surface area contributed by atoms with Crippen molar-refractivity contribution in [3.63, 3.8) is 0 Å². The van der Waals surface area contributed by atoms with E-state index >= 15 is 0 Å². The van der Waals surface area contributed by atoms with Gasteiger partial charge in [-0.1, -0.05) is 18.2 Å². The largest absolute Gasteiger partial charge is 0.456 e. The van der Waals surface area contributed by atoms with Crippen molar-refractivity contribution >= 4 is 39.6 Å². The number of amides is 1. The highest BCUT2D eigenvalue weighted by Gasteiger charge is 2.22. The van der Waals surface area contributed by atoms with Crippen molar-refractivity contribution in [2.45, 2.75) is 26.3 Å². The van der Waals surface area contributed by atoms with Crippen molar-refractivity contribution in [2.75, 3.05) is 13.1 Å². The lowest BCUT2D eigenvalue weighted by atomic mass is 9.97. The van der Waals surface area contributed by atoms with E-state index in [-0.39, 0.29) is 5.91 Å². The van der Waals surface area contributed by atoms with E-state index in [1.165, 1.54) is 6.08 Å². The SMILES string of the molecule is C=CC(=O)N1CCC(Cn2cc(-c3cnc4ccc(Oc5ccc6nc(C)[nH]c6c5)c(Cl)c4n3)cn2)CC1. The second-order valence-corrected chi connectivity index (χ2v) is 9.91. The number of imidazole rings is 1. The molecule has 0 unspecified atom stereocenters. The summed E-state index contributed by atoms with van der Waals surface area (Å²) in [5.74, 6) is 2.45. The number of nitrogens with zero attached hydrogens (tertiary/aromatic N) is 6. The van der Waals surface area contributed by atoms with E-state index in [1.807, 2.05) is 47.0 Å². The van der Waals surface area contributed by atoms with Gasteiger partial charge in [-0.3, -0.25) is 14.5 Å². The summed E-state index contributed by atoms with van der Waals surface area (Å²) in [6, 6.07) is 9.31. The Kier molecular flexibility index (Phi) is 6.29. The van der Waals surface area contributed by atoms with Crippen molar-refractivity contribution in [3.8, 4) is 22.8 Å². The van der Waals surface area contributed by atoms with Crippen LogP contribution < -0.4 is 4.74 Å². The van der Waals surface area contributed by atoms with E-state index in [4.69, 9.17) is 21.3 Å². The van der Waals surface area contributed by atoms with E-state index in [0.29, 0.717) is 39.2 Å². The van der Waals surface area contributed by atoms with Crippen LogP contribution in [0.25, 0.3) is 33.3 Å². The van der Waals surface area contributed by atoms with E-state index in [1.54, 1.807) is 18.5 Å². The average Bonchev–Trinajstić information content (AvgIpc) is 3.55. The molecule has 0 saturated carbocycles. The Bertz CT molecular complexity index is 1670. The molecule has 5 aromatic rings. The number of aromatic amines is 1. The molecule has 1 saturated heterocycles. The van der Waals surface area contributed by atoms with Gasteiger partial charge in [0.25, 0.3) is 0 Å². The number of carbonyl (C=O) groups is 1. The Labute approximate surface area is 224 Å². The van der Waals surface area contributed by atoms with Gasteiger partial charge in [-0.25, -0.2) is 9.97 Å². The average molecular weight is 528 g/mol. The molecule has 1 fully saturated rings. The summed E-state index contributed by atoms with van der Waals surface area (Å²) in [6.45, 7) is 7.78. The summed E-state index contributed by atoms with van der Waals surface area (Å²) < 4.78 is 8.04. The zero-order chi connectivity index (χ0) is 26.2. The zero-order valence-electron chi connectivity index (χ0n) is 20.9. The molecule has 3 aromatic heterocycles. The van der Waals surface area contributed by atoms with Gasteiger partial charge >= 0.3 is 0 Å². The number of hydrogen-bond acceptors (Lipinski definition) is 6. The Hall–Kier alpha value is -4.24. The molecule has 38 heavy (non-hydrogen) atoms. The molecule has 1 amide bonds. The first-order chi connectivity index (χ1) is 18.5. The molecule has 0 atom stereocenters. The van der Waals surface area contributed by atoms with Gasteiger partial charge in [0.2, 0.25) is 5.91 Å². The zero-order valence-corrected chi connectivity index (χ0v) is 21.6. The number of likely N-dealkylation sites (tertiary alicyclic amines) is 1. The van der Waals surface area contributed by atoms with Crippen LogP contribution in [0.4, 0.5) is 0 Å². The molecule has 4 heterocycles. The van der Waals surface area contributed by atoms with Crippen LogP contribution in [0, 0.1) is 12.8 Å². The number of benzene rings is 2. The van der Waals surface area contributed by atoms with Crippen molar-refractivity contribution < 1.29 is 9.53 Å². The topological polar surface area (TPSA) is 102 Å². The summed E-state index contributed by atoms with van der Waals surface area (Å²) >= 11 is 6.75. The van der Waals surface area contributed by atoms with Crippen LogP contribution in [-0.2, 0) is 11.3 Å². The second kappa shape index (κ2) is 9.90. The molecule has 1 aliphatic rings. The van der Waals surface area contributed by atoms with Crippen molar-refractivity contribution in [1.29, 1.82) is 0 Å². The van der Waals surface area contributed by atoms with Gasteiger partial charge in [0.1, 0.15) is 27.9 Å². The second-order valence-electron chi connectivity index (χ2n) is 9.53. The maximum atomic E-state index is 11.8. The van der Waals surface area contributed by atoms with Gasteiger partial charge in [-0.2, -0.15) is 5.10 Å². The molecule has 0 bridgehead atoms. The first kappa shape index (κ1) is 24.1. The summed E-state index contributed by atoms with van der Waals surface area (Å²) in [4.78, 5) is 30.7. The Morgan fingerprint density at radius 1 is 1.18 bits per heavy atom. The third-order valence-electron chi connectivity index (χ3n) is 6.89. The summed E-state index contributed by atoms with van der Waals surface area (Å²) in [6.07, 6.45) is 8.77. The van der Waals surface area contributed by atoms with Crippen LogP contribution in [0.1, 0.15) is 18.7 Å². The standard InChI is InChI=1S/C28H26ClN7O2/c1-3-26(37)35-10-8-18(9-11-35)15-36-16-19(13-31-36)24-14-30-22-6-7-25(27(29)28(22)34-24)38-20-4-5-21-23(12-20)33-17(2)32-21/h3-7,12-14,16,18H,1,8-11,15H2,2H3,(H,32,33). The number of fused-ring (bicyclic) bond motifs is 2. The van der Waals surface area contributed by atoms with E-state index in [9.17, 15) is 4.79 Å². The minimum atomic E-state index is 0.000824. The molecule has 9 nitrogen and oxygen atoms in total. The van der Waals surface area contributed by atoms with E-state index in [0.717, 1.165) is 54.9 Å². The first-order valence-corrected chi connectivity index (χ1v) is 12.9. The molecule has 6 rings (SSSR count). The van der Waals surface area contributed by atoms with Crippen molar-refractivity contribution in [3.05, 3.63) is 72.4 Å². The third kappa shape index (κ3) is 4.72. The van der Waals surface area contributed by atoms with Crippen LogP contribution in [0.3, 0.4) is 0 Å². The molecule has 0 radical (unpaired) electrons. The number of carbonyl (C=O) groups excluding carboxylic acids is 1. The molecule has 1 N–H and O–H groups in total. The smallest absolute Gasteiger partial charge is 0.245 e. The van der Waals surface area contributed by atoms with Crippen LogP contribution in [0.2, 0.25) is 5.02 Å². The van der Waals surface area contributed by atoms with Gasteiger partial charge in [0, 0.05) is 37.5 Å². The van der Waals surface area contributed by atoms with Gasteiger partial charge in [-0.15, -0.1) is 0 Å². The molecular formula is C28H26ClN7O2. The van der Waals surface area contributed by atoms with E-state index in [2.05, 4.69) is 26.6 Å². The molecule has 1 aliphatic heterocycles. The summed E-state index contributed by atoms with van der Waals surface area (Å²) in [5.41, 5.74) is 4.56. The van der Waals surface area contributed by atoms with Crippen LogP contribution in [0.15, 0.2) is 61.6 Å². The van der Waals surface area contributed by atoms with Gasteiger partial charge in [-0.05, 0) is 56.0 Å². The number of hydrogen-bond donors (Lipinski definition) is 1. The van der Waals surface area contributed by atoms with Gasteiger partial charge < -0.3 is 14.6 Å². The van der Waals surface area contributed by atoms with Crippen LogP contribution >= 0.6 is 11.6 Å². The van der Waals surface area contributed by atoms with Crippen LogP contribution in [-0.4, -0.2) is 53.6 Å². The lowest BCUT2D eigenvalue weighted by molar-refractivity contribution is -0.127. The molecule has 2 aromatic carbocycles. The number of aromatic nitrogens is 6. The lowest BCUT2D eigenvalue weighted by Crippen LogP contribution is -2.38. The number of nitrogens with one attached hydrogen (secondary N) is 1. The number of piperidine rings is 1. The molecular weight excluding hydrogens is 502 g/mol. The first-order valence-electron chi connectivity index (χ1n) is 12.5. The number of halogens is 1.